The number of pyridine rings is 1. The molecule has 0 unspecified atom stereocenters. The van der Waals surface area contributed by atoms with E-state index in [1.165, 1.54) is 18.2 Å². The highest BCUT2D eigenvalue weighted by Crippen LogP contribution is 2.29. The number of aryl methyl sites for hydroxylation is 1. The van der Waals surface area contributed by atoms with Crippen LogP contribution >= 0.6 is 28.3 Å². The van der Waals surface area contributed by atoms with Crippen LogP contribution in [0.4, 0.5) is 28.9 Å². The Hall–Kier alpha value is -3.51. The summed E-state index contributed by atoms with van der Waals surface area (Å²) >= 11 is 3.42. The number of carbonyl (C=O) groups excluding carboxylic acids is 1. The molecule has 0 spiro atoms. The molecule has 1 aliphatic heterocycles. The molecule has 4 aromatic rings. The van der Waals surface area contributed by atoms with Crippen LogP contribution in [0.25, 0.3) is 5.52 Å². The van der Waals surface area contributed by atoms with Crippen LogP contribution in [0, 0.1) is 12.7 Å². The van der Waals surface area contributed by atoms with E-state index in [9.17, 15) is 18.0 Å². The molecule has 0 aliphatic carbocycles. The molecule has 0 bridgehead atoms. The van der Waals surface area contributed by atoms with Gasteiger partial charge in [0.1, 0.15) is 11.6 Å². The van der Waals surface area contributed by atoms with Crippen LogP contribution in [0.3, 0.4) is 0 Å². The normalized spacial score (nSPS) is 15.5. The molecule has 5 rings (SSSR count). The molecular formula is C28H27BrClF4N5O2. The van der Waals surface area contributed by atoms with Crippen molar-refractivity contribution in [1.29, 1.82) is 0 Å². The number of alkyl halides is 3. The number of rotatable bonds is 6. The fraction of sp³-hybridized carbons (Fsp3) is 0.286. The monoisotopic (exact) mass is 655 g/mol. The summed E-state index contributed by atoms with van der Waals surface area (Å²) in [6, 6.07) is 14.3. The molecule has 3 heterocycles. The molecule has 218 valence electrons. The van der Waals surface area contributed by atoms with Crippen molar-refractivity contribution < 1.29 is 27.1 Å². The Kier molecular flexibility index (Phi) is 9.03. The minimum absolute atomic E-state index is 0. The van der Waals surface area contributed by atoms with E-state index in [2.05, 4.69) is 36.0 Å². The van der Waals surface area contributed by atoms with Gasteiger partial charge in [-0.3, -0.25) is 4.79 Å². The Labute approximate surface area is 248 Å². The number of halogens is 6. The molecule has 2 aromatic heterocycles. The van der Waals surface area contributed by atoms with Crippen molar-refractivity contribution in [2.45, 2.75) is 32.8 Å². The smallest absolute Gasteiger partial charge is 0.406 e. The quantitative estimate of drug-likeness (QED) is 0.240. The number of hydrogen-bond acceptors (Lipinski definition) is 5. The number of fused-ring (bicyclic) bond motifs is 1. The summed E-state index contributed by atoms with van der Waals surface area (Å²) in [4.78, 5) is 17.0. The lowest BCUT2D eigenvalue weighted by Gasteiger charge is -2.42. The second-order valence-electron chi connectivity index (χ2n) is 9.63. The fourth-order valence-corrected chi connectivity index (χ4v) is 5.34. The van der Waals surface area contributed by atoms with Gasteiger partial charge in [0.25, 0.3) is 5.91 Å². The molecule has 1 amide bonds. The summed E-state index contributed by atoms with van der Waals surface area (Å²) < 4.78 is 58.9. The SMILES string of the molecule is Cc1nn2ccc(Br)cc2c1C(=O)NCc1ccc(N2CCN(c3ccc(OC(F)(F)F)cc3)[C@@H](C)C2)c(F)c1.Cl. The Bertz CT molecular complexity index is 1550. The molecule has 2 aromatic carbocycles. The molecule has 0 radical (unpaired) electrons. The summed E-state index contributed by atoms with van der Waals surface area (Å²) in [7, 11) is 0. The van der Waals surface area contributed by atoms with E-state index in [4.69, 9.17) is 0 Å². The third-order valence-corrected chi connectivity index (χ3v) is 7.33. The van der Waals surface area contributed by atoms with Crippen molar-refractivity contribution in [2.75, 3.05) is 29.4 Å². The maximum atomic E-state index is 15.2. The molecule has 1 N–H and O–H groups in total. The number of aromatic nitrogens is 2. The highest BCUT2D eigenvalue weighted by atomic mass is 79.9. The predicted molar refractivity (Wildman–Crippen MR) is 155 cm³/mol. The van der Waals surface area contributed by atoms with E-state index in [-0.39, 0.29) is 36.7 Å². The van der Waals surface area contributed by atoms with Crippen molar-refractivity contribution >= 4 is 51.1 Å². The third kappa shape index (κ3) is 6.87. The van der Waals surface area contributed by atoms with E-state index in [0.29, 0.717) is 47.7 Å². The number of ether oxygens (including phenoxy) is 1. The first-order chi connectivity index (χ1) is 19.0. The molecule has 41 heavy (non-hydrogen) atoms. The number of carbonyl (C=O) groups is 1. The summed E-state index contributed by atoms with van der Waals surface area (Å²) in [6.45, 7) is 5.52. The van der Waals surface area contributed by atoms with Crippen LogP contribution in [0.1, 0.15) is 28.5 Å². The van der Waals surface area contributed by atoms with Crippen molar-refractivity contribution in [1.82, 2.24) is 14.9 Å². The van der Waals surface area contributed by atoms with Gasteiger partial charge in [-0.05, 0) is 67.9 Å². The first kappa shape index (κ1) is 30.4. The lowest BCUT2D eigenvalue weighted by Crippen LogP contribution is -2.52. The number of hydrogen-bond donors (Lipinski definition) is 1. The summed E-state index contributed by atoms with van der Waals surface area (Å²) in [5.41, 5.74) is 3.58. The third-order valence-electron chi connectivity index (χ3n) is 6.83. The van der Waals surface area contributed by atoms with Crippen molar-refractivity contribution in [3.8, 4) is 5.75 Å². The lowest BCUT2D eigenvalue weighted by atomic mass is 10.1. The standard InChI is InChI=1S/C28H26BrF4N5O2.ClH/c1-17-16-36(11-12-37(17)21-4-6-22(7-5-21)40-28(31,32)33)24-8-3-19(13-23(24)30)15-34-27(39)26-18(2)35-38-10-9-20(29)14-25(26)38;/h3-10,13-14,17H,11-12,15-16H2,1-2H3,(H,34,39);1H/t17-;/m0./s1. The average molecular weight is 657 g/mol. The zero-order valence-electron chi connectivity index (χ0n) is 22.1. The maximum absolute atomic E-state index is 15.2. The van der Waals surface area contributed by atoms with Crippen LogP contribution in [-0.2, 0) is 6.54 Å². The second kappa shape index (κ2) is 12.2. The van der Waals surface area contributed by atoms with E-state index >= 15 is 4.39 Å². The van der Waals surface area contributed by atoms with Gasteiger partial charge in [-0.15, -0.1) is 25.6 Å². The van der Waals surface area contributed by atoms with Gasteiger partial charge < -0.3 is 19.9 Å². The summed E-state index contributed by atoms with van der Waals surface area (Å²) in [5, 5.41) is 7.24. The van der Waals surface area contributed by atoms with Gasteiger partial charge in [0.15, 0.2) is 0 Å². The van der Waals surface area contributed by atoms with E-state index in [0.717, 1.165) is 10.2 Å². The minimum Gasteiger partial charge on any atom is -0.406 e. The Balaban J connectivity index is 0.00000387. The van der Waals surface area contributed by atoms with Crippen molar-refractivity contribution in [2.24, 2.45) is 0 Å². The number of piperazine rings is 1. The molecule has 0 saturated carbocycles. The van der Waals surface area contributed by atoms with Crippen LogP contribution in [0.5, 0.6) is 5.75 Å². The first-order valence-electron chi connectivity index (χ1n) is 12.6. The molecule has 1 aliphatic rings. The zero-order chi connectivity index (χ0) is 28.6. The predicted octanol–water partition coefficient (Wildman–Crippen LogP) is 6.51. The Morgan fingerprint density at radius 1 is 1.12 bits per heavy atom. The number of nitrogens with zero attached hydrogens (tertiary/aromatic N) is 4. The van der Waals surface area contributed by atoms with Crippen molar-refractivity contribution in [3.63, 3.8) is 0 Å². The van der Waals surface area contributed by atoms with Crippen LogP contribution in [0.15, 0.2) is 65.3 Å². The number of anilines is 2. The maximum Gasteiger partial charge on any atom is 0.573 e. The fourth-order valence-electron chi connectivity index (χ4n) is 5.01. The summed E-state index contributed by atoms with van der Waals surface area (Å²) in [6.07, 6.45) is -2.97. The van der Waals surface area contributed by atoms with Gasteiger partial charge in [-0.25, -0.2) is 8.91 Å². The zero-order valence-corrected chi connectivity index (χ0v) is 24.5. The number of nitrogens with one attached hydrogen (secondary N) is 1. The molecule has 1 fully saturated rings. The van der Waals surface area contributed by atoms with E-state index < -0.39 is 12.2 Å². The highest BCUT2D eigenvalue weighted by molar-refractivity contribution is 9.10. The van der Waals surface area contributed by atoms with Gasteiger partial charge >= 0.3 is 6.36 Å². The van der Waals surface area contributed by atoms with Gasteiger partial charge in [-0.1, -0.05) is 22.0 Å². The number of benzene rings is 2. The van der Waals surface area contributed by atoms with Gasteiger partial charge in [0.05, 0.1) is 22.5 Å². The van der Waals surface area contributed by atoms with Crippen LogP contribution in [-0.4, -0.2) is 47.6 Å². The number of amides is 1. The largest absolute Gasteiger partial charge is 0.573 e. The van der Waals surface area contributed by atoms with Gasteiger partial charge in [0, 0.05) is 48.6 Å². The molecule has 1 saturated heterocycles. The lowest BCUT2D eigenvalue weighted by molar-refractivity contribution is -0.274. The van der Waals surface area contributed by atoms with Gasteiger partial charge in [-0.2, -0.15) is 5.10 Å². The topological polar surface area (TPSA) is 62.1 Å². The molecular weight excluding hydrogens is 630 g/mol. The van der Waals surface area contributed by atoms with Gasteiger partial charge in [0.2, 0.25) is 0 Å². The summed E-state index contributed by atoms with van der Waals surface area (Å²) in [5.74, 6) is -0.960. The van der Waals surface area contributed by atoms with Crippen LogP contribution in [0.2, 0.25) is 0 Å². The molecule has 13 heteroatoms. The molecule has 7 nitrogen and oxygen atoms in total. The average Bonchev–Trinajstić information content (AvgIpc) is 3.22. The Morgan fingerprint density at radius 2 is 1.85 bits per heavy atom. The second-order valence-corrected chi connectivity index (χ2v) is 10.5. The first-order valence-corrected chi connectivity index (χ1v) is 13.4. The molecule has 1 atom stereocenters. The highest BCUT2D eigenvalue weighted by Gasteiger charge is 2.31. The Morgan fingerprint density at radius 3 is 2.51 bits per heavy atom. The van der Waals surface area contributed by atoms with E-state index in [1.54, 1.807) is 41.9 Å². The van der Waals surface area contributed by atoms with Crippen LogP contribution < -0.4 is 19.9 Å². The minimum atomic E-state index is -4.74. The van der Waals surface area contributed by atoms with Crippen molar-refractivity contribution in [3.05, 3.63) is 87.9 Å². The van der Waals surface area contributed by atoms with E-state index in [1.807, 2.05) is 24.0 Å².